The number of alkyl halides is 6. The van der Waals surface area contributed by atoms with Gasteiger partial charge >= 0.3 is 12.4 Å². The molecule has 0 N–H and O–H groups in total. The third kappa shape index (κ3) is 4.31. The van der Waals surface area contributed by atoms with E-state index >= 15 is 0 Å². The normalized spacial score (nSPS) is 12.9. The van der Waals surface area contributed by atoms with Gasteiger partial charge in [0, 0.05) is 0 Å². The number of halogens is 6. The molecule has 0 radical (unpaired) electrons. The zero-order chi connectivity index (χ0) is 14.8. The average molecular weight is 283 g/mol. The highest BCUT2D eigenvalue weighted by Crippen LogP contribution is 2.36. The Morgan fingerprint density at radius 2 is 1.37 bits per heavy atom. The molecule has 1 rings (SSSR count). The van der Waals surface area contributed by atoms with Crippen molar-refractivity contribution >= 4 is 12.0 Å². The molecule has 0 amide bonds. The molecule has 104 valence electrons. The first-order valence-electron chi connectivity index (χ1n) is 4.68. The fraction of sp³-hybridized carbons (Fsp3) is 0.182. The summed E-state index contributed by atoms with van der Waals surface area (Å²) >= 11 is 0. The van der Waals surface area contributed by atoms with Crippen molar-refractivity contribution < 1.29 is 36.2 Å². The average Bonchev–Trinajstić information content (AvgIpc) is 2.23. The van der Waals surface area contributed by atoms with Crippen LogP contribution in [-0.2, 0) is 17.1 Å². The first-order valence-corrected chi connectivity index (χ1v) is 4.68. The minimum absolute atomic E-state index is 0.0453. The van der Waals surface area contributed by atoms with E-state index in [1.807, 2.05) is 0 Å². The minimum atomic E-state index is -4.97. The van der Waals surface area contributed by atoms with Gasteiger partial charge in [0.1, 0.15) is 0 Å². The quantitative estimate of drug-likeness (QED) is 0.618. The van der Waals surface area contributed by atoms with E-state index in [0.717, 1.165) is 0 Å². The van der Waals surface area contributed by atoms with Gasteiger partial charge in [-0.25, -0.2) is 0 Å². The van der Waals surface area contributed by atoms with Crippen molar-refractivity contribution in [3.05, 3.63) is 41.0 Å². The molecule has 19 heavy (non-hydrogen) atoms. The Labute approximate surface area is 103 Å². The second kappa shape index (κ2) is 4.94. The monoisotopic (exact) mass is 283 g/mol. The Kier molecular flexibility index (Phi) is 3.92. The maximum absolute atomic E-state index is 12.4. The summed E-state index contributed by atoms with van der Waals surface area (Å²) in [5, 5.41) is 10.1. The largest absolute Gasteiger partial charge is 0.545 e. The Morgan fingerprint density at radius 1 is 0.947 bits per heavy atom. The highest BCUT2D eigenvalue weighted by molar-refractivity contribution is 5.83. The first-order chi connectivity index (χ1) is 8.50. The van der Waals surface area contributed by atoms with Crippen molar-refractivity contribution in [1.82, 2.24) is 0 Å². The van der Waals surface area contributed by atoms with Crippen LogP contribution in [0, 0.1) is 0 Å². The van der Waals surface area contributed by atoms with E-state index in [9.17, 15) is 36.2 Å². The van der Waals surface area contributed by atoms with Gasteiger partial charge in [0.05, 0.1) is 17.1 Å². The molecule has 0 saturated heterocycles. The Bertz CT molecular complexity index is 481. The lowest BCUT2D eigenvalue weighted by atomic mass is 10.0. The standard InChI is InChI=1S/C11H6F6O2/c12-10(13,14)7-3-6(1-2-9(18)19)4-8(5-7)11(15,16)17/h1-5H,(H,18,19)/p-1/b2-1+. The number of benzene rings is 1. The Balaban J connectivity index is 3.37. The summed E-state index contributed by atoms with van der Waals surface area (Å²) < 4.78 is 74.5. The van der Waals surface area contributed by atoms with Gasteiger partial charge in [-0.15, -0.1) is 0 Å². The zero-order valence-corrected chi connectivity index (χ0v) is 8.97. The number of rotatable bonds is 2. The smallest absolute Gasteiger partial charge is 0.416 e. The number of carbonyl (C=O) groups is 1. The van der Waals surface area contributed by atoms with Gasteiger partial charge in [0.15, 0.2) is 0 Å². The van der Waals surface area contributed by atoms with Crippen molar-refractivity contribution in [3.63, 3.8) is 0 Å². The van der Waals surface area contributed by atoms with Crippen LogP contribution in [0.15, 0.2) is 24.3 Å². The van der Waals surface area contributed by atoms with Crippen molar-refractivity contribution in [1.29, 1.82) is 0 Å². The van der Waals surface area contributed by atoms with Crippen LogP contribution < -0.4 is 5.11 Å². The van der Waals surface area contributed by atoms with Crippen LogP contribution in [0.5, 0.6) is 0 Å². The molecule has 1 aromatic carbocycles. The Morgan fingerprint density at radius 3 is 1.68 bits per heavy atom. The fourth-order valence-corrected chi connectivity index (χ4v) is 1.24. The Hall–Kier alpha value is -1.99. The van der Waals surface area contributed by atoms with E-state index < -0.39 is 35.0 Å². The molecule has 0 heterocycles. The van der Waals surface area contributed by atoms with Gasteiger partial charge in [-0.1, -0.05) is 6.08 Å². The van der Waals surface area contributed by atoms with Crippen LogP contribution in [-0.4, -0.2) is 5.97 Å². The number of carbonyl (C=O) groups excluding carboxylic acids is 1. The lowest BCUT2D eigenvalue weighted by molar-refractivity contribution is -0.297. The summed E-state index contributed by atoms with van der Waals surface area (Å²) in [6.45, 7) is 0. The molecule has 0 saturated carbocycles. The fourth-order valence-electron chi connectivity index (χ4n) is 1.24. The second-order valence-corrected chi connectivity index (χ2v) is 3.49. The first kappa shape index (κ1) is 15.1. The molecule has 0 bridgehead atoms. The van der Waals surface area contributed by atoms with Gasteiger partial charge in [-0.2, -0.15) is 26.3 Å². The van der Waals surface area contributed by atoms with Gasteiger partial charge < -0.3 is 9.90 Å². The predicted octanol–water partition coefficient (Wildman–Crippen LogP) is 2.49. The summed E-state index contributed by atoms with van der Waals surface area (Å²) in [7, 11) is 0. The number of hydrogen-bond acceptors (Lipinski definition) is 2. The topological polar surface area (TPSA) is 40.1 Å². The molecule has 8 heteroatoms. The SMILES string of the molecule is O=C([O-])/C=C/c1cc(C(F)(F)F)cc(C(F)(F)F)c1. The summed E-state index contributed by atoms with van der Waals surface area (Å²) in [6, 6.07) is 0.777. The molecular weight excluding hydrogens is 278 g/mol. The number of hydrogen-bond donors (Lipinski definition) is 0. The van der Waals surface area contributed by atoms with Crippen LogP contribution in [0.1, 0.15) is 16.7 Å². The molecule has 0 atom stereocenters. The lowest BCUT2D eigenvalue weighted by Crippen LogP contribution is -2.18. The molecule has 1 aromatic rings. The van der Waals surface area contributed by atoms with Crippen LogP contribution in [0.2, 0.25) is 0 Å². The maximum Gasteiger partial charge on any atom is 0.416 e. The van der Waals surface area contributed by atoms with Crippen LogP contribution in [0.4, 0.5) is 26.3 Å². The van der Waals surface area contributed by atoms with Gasteiger partial charge in [-0.05, 0) is 29.8 Å². The zero-order valence-electron chi connectivity index (χ0n) is 8.97. The van der Waals surface area contributed by atoms with Crippen molar-refractivity contribution in [3.8, 4) is 0 Å². The highest BCUT2D eigenvalue weighted by Gasteiger charge is 2.36. The summed E-state index contributed by atoms with van der Waals surface area (Å²) in [6.07, 6.45) is -8.99. The van der Waals surface area contributed by atoms with Gasteiger partial charge in [0.2, 0.25) is 0 Å². The third-order valence-electron chi connectivity index (χ3n) is 2.02. The summed E-state index contributed by atoms with van der Waals surface area (Å²) in [5.74, 6) is -1.73. The molecule has 0 aliphatic heterocycles. The molecule has 0 aliphatic rings. The van der Waals surface area contributed by atoms with E-state index in [1.54, 1.807) is 0 Å². The molecule has 0 spiro atoms. The summed E-state index contributed by atoms with van der Waals surface area (Å²) in [5.41, 5.74) is -3.56. The second-order valence-electron chi connectivity index (χ2n) is 3.49. The molecule has 0 unspecified atom stereocenters. The van der Waals surface area contributed by atoms with Crippen LogP contribution in [0.3, 0.4) is 0 Å². The number of carboxylic acid groups (broad SMARTS) is 1. The highest BCUT2D eigenvalue weighted by atomic mass is 19.4. The van der Waals surface area contributed by atoms with E-state index in [0.29, 0.717) is 24.3 Å². The third-order valence-corrected chi connectivity index (χ3v) is 2.02. The van der Waals surface area contributed by atoms with Crippen LogP contribution in [0.25, 0.3) is 6.08 Å². The number of carboxylic acids is 1. The van der Waals surface area contributed by atoms with E-state index in [-0.39, 0.29) is 6.07 Å². The van der Waals surface area contributed by atoms with Crippen LogP contribution >= 0.6 is 0 Å². The summed E-state index contributed by atoms with van der Waals surface area (Å²) in [4.78, 5) is 10.1. The van der Waals surface area contributed by atoms with Gasteiger partial charge in [-0.3, -0.25) is 0 Å². The molecular formula is C11H5F6O2-. The number of aliphatic carboxylic acids is 1. The molecule has 0 aliphatic carbocycles. The van der Waals surface area contributed by atoms with E-state index in [1.165, 1.54) is 0 Å². The minimum Gasteiger partial charge on any atom is -0.545 e. The lowest BCUT2D eigenvalue weighted by Gasteiger charge is -2.12. The molecule has 0 fully saturated rings. The van der Waals surface area contributed by atoms with Crippen molar-refractivity contribution in [2.24, 2.45) is 0 Å². The maximum atomic E-state index is 12.4. The molecule has 2 nitrogen and oxygen atoms in total. The van der Waals surface area contributed by atoms with Gasteiger partial charge in [0.25, 0.3) is 0 Å². The van der Waals surface area contributed by atoms with E-state index in [4.69, 9.17) is 0 Å². The van der Waals surface area contributed by atoms with Crippen molar-refractivity contribution in [2.45, 2.75) is 12.4 Å². The van der Waals surface area contributed by atoms with Crippen molar-refractivity contribution in [2.75, 3.05) is 0 Å². The predicted molar refractivity (Wildman–Crippen MR) is 50.5 cm³/mol. The van der Waals surface area contributed by atoms with E-state index in [2.05, 4.69) is 0 Å². The molecule has 0 aromatic heterocycles.